The van der Waals surface area contributed by atoms with Crippen LogP contribution in [0.2, 0.25) is 0 Å². The average molecular weight is 567 g/mol. The first kappa shape index (κ1) is 26.1. The molecule has 0 amide bonds. The highest BCUT2D eigenvalue weighted by atomic mass is 127. The monoisotopic (exact) mass is 566 g/mol. The predicted molar refractivity (Wildman–Crippen MR) is 134 cm³/mol. The molecule has 8 nitrogen and oxygen atoms in total. The molecule has 0 bridgehead atoms. The molecule has 2 heterocycles. The van der Waals surface area contributed by atoms with Crippen LogP contribution in [0.25, 0.3) is 0 Å². The van der Waals surface area contributed by atoms with E-state index < -0.39 is 9.84 Å². The van der Waals surface area contributed by atoms with Gasteiger partial charge in [-0.1, -0.05) is 12.1 Å². The van der Waals surface area contributed by atoms with E-state index in [2.05, 4.69) is 27.6 Å². The Labute approximate surface area is 203 Å². The van der Waals surface area contributed by atoms with Crippen molar-refractivity contribution < 1.29 is 17.9 Å². The summed E-state index contributed by atoms with van der Waals surface area (Å²) in [6.07, 6.45) is 2.79. The van der Waals surface area contributed by atoms with Gasteiger partial charge in [0.2, 0.25) is 0 Å². The zero-order chi connectivity index (χ0) is 21.4. The smallest absolute Gasteiger partial charge is 0.191 e. The lowest BCUT2D eigenvalue weighted by Gasteiger charge is -2.31. The third kappa shape index (κ3) is 8.74. The molecular weight excluding hydrogens is 531 g/mol. The maximum atomic E-state index is 11.6. The molecule has 2 aliphatic heterocycles. The molecule has 2 aliphatic rings. The first-order valence-electron chi connectivity index (χ1n) is 10.6. The first-order chi connectivity index (χ1) is 14.4. The van der Waals surface area contributed by atoms with Crippen LogP contribution in [-0.2, 0) is 21.1 Å². The number of likely N-dealkylation sites (N-methyl/N-ethyl adjacent to an activating group) is 1. The first-order valence-corrected chi connectivity index (χ1v) is 12.4. The van der Waals surface area contributed by atoms with Crippen molar-refractivity contribution in [2.45, 2.75) is 37.9 Å². The molecule has 3 rings (SSSR count). The van der Waals surface area contributed by atoms with Gasteiger partial charge in [0.25, 0.3) is 0 Å². The number of benzene rings is 1. The van der Waals surface area contributed by atoms with E-state index in [1.165, 1.54) is 0 Å². The molecule has 176 valence electrons. The largest absolute Gasteiger partial charge is 0.492 e. The van der Waals surface area contributed by atoms with E-state index in [1.54, 1.807) is 7.05 Å². The molecule has 0 aliphatic carbocycles. The average Bonchev–Trinajstić information content (AvgIpc) is 3.10. The summed E-state index contributed by atoms with van der Waals surface area (Å²) in [4.78, 5) is 6.56. The summed E-state index contributed by atoms with van der Waals surface area (Å²) in [5, 5.41) is 6.45. The Hall–Kier alpha value is -1.11. The highest BCUT2D eigenvalue weighted by molar-refractivity contribution is 14.0. The molecule has 1 unspecified atom stereocenters. The number of rotatable bonds is 8. The van der Waals surface area contributed by atoms with Gasteiger partial charge < -0.3 is 20.1 Å². The normalized spacial score (nSPS) is 21.5. The molecule has 0 saturated carbocycles. The van der Waals surface area contributed by atoms with Crippen molar-refractivity contribution >= 4 is 39.8 Å². The number of halogens is 1. The maximum absolute atomic E-state index is 11.6. The van der Waals surface area contributed by atoms with E-state index in [0.29, 0.717) is 31.6 Å². The SMILES string of the molecule is CN=C(NCc1cccc(OCCN(C)C2CCOCC2)c1)NC1CCS(=O)(=O)C1.I. The minimum Gasteiger partial charge on any atom is -0.492 e. The van der Waals surface area contributed by atoms with Crippen LogP contribution in [0.3, 0.4) is 0 Å². The zero-order valence-corrected chi connectivity index (χ0v) is 21.5. The van der Waals surface area contributed by atoms with Gasteiger partial charge in [-0.2, -0.15) is 0 Å². The van der Waals surface area contributed by atoms with Gasteiger partial charge in [-0.25, -0.2) is 8.42 Å². The molecule has 2 saturated heterocycles. The van der Waals surface area contributed by atoms with E-state index in [0.717, 1.165) is 43.9 Å². The lowest BCUT2D eigenvalue weighted by atomic mass is 10.1. The van der Waals surface area contributed by atoms with Gasteiger partial charge in [0.1, 0.15) is 12.4 Å². The van der Waals surface area contributed by atoms with E-state index in [1.807, 2.05) is 24.3 Å². The minimum absolute atomic E-state index is 0. The summed E-state index contributed by atoms with van der Waals surface area (Å²) in [5.41, 5.74) is 1.08. The number of hydrogen-bond donors (Lipinski definition) is 2. The Morgan fingerprint density at radius 1 is 1.29 bits per heavy atom. The highest BCUT2D eigenvalue weighted by Crippen LogP contribution is 2.15. The van der Waals surface area contributed by atoms with E-state index in [4.69, 9.17) is 9.47 Å². The summed E-state index contributed by atoms with van der Waals surface area (Å²) in [6, 6.07) is 8.49. The number of ether oxygens (including phenoxy) is 2. The Bertz CT molecular complexity index is 815. The van der Waals surface area contributed by atoms with Crippen LogP contribution in [-0.4, -0.2) is 83.3 Å². The van der Waals surface area contributed by atoms with Gasteiger partial charge in [-0.05, 0) is 44.0 Å². The third-order valence-corrected chi connectivity index (χ3v) is 7.45. The van der Waals surface area contributed by atoms with Gasteiger partial charge in [0.15, 0.2) is 15.8 Å². The summed E-state index contributed by atoms with van der Waals surface area (Å²) in [7, 11) is 0.919. The predicted octanol–water partition coefficient (Wildman–Crippen LogP) is 1.65. The summed E-state index contributed by atoms with van der Waals surface area (Å²) in [5.74, 6) is 1.87. The minimum atomic E-state index is -2.92. The summed E-state index contributed by atoms with van der Waals surface area (Å²) < 4.78 is 34.6. The van der Waals surface area contributed by atoms with Crippen molar-refractivity contribution in [3.05, 3.63) is 29.8 Å². The van der Waals surface area contributed by atoms with Crippen molar-refractivity contribution in [2.75, 3.05) is 52.0 Å². The van der Waals surface area contributed by atoms with Crippen LogP contribution >= 0.6 is 24.0 Å². The summed E-state index contributed by atoms with van der Waals surface area (Å²) >= 11 is 0. The highest BCUT2D eigenvalue weighted by Gasteiger charge is 2.28. The van der Waals surface area contributed by atoms with E-state index >= 15 is 0 Å². The zero-order valence-electron chi connectivity index (χ0n) is 18.4. The molecule has 0 spiro atoms. The number of sulfone groups is 1. The fourth-order valence-electron chi connectivity index (χ4n) is 3.84. The van der Waals surface area contributed by atoms with Gasteiger partial charge in [0, 0.05) is 45.4 Å². The van der Waals surface area contributed by atoms with E-state index in [9.17, 15) is 8.42 Å². The third-order valence-electron chi connectivity index (χ3n) is 5.68. The van der Waals surface area contributed by atoms with Gasteiger partial charge in [-0.3, -0.25) is 9.89 Å². The topological polar surface area (TPSA) is 92.3 Å². The Balaban J connectivity index is 0.00000341. The van der Waals surface area contributed by atoms with Crippen molar-refractivity contribution in [1.82, 2.24) is 15.5 Å². The van der Waals surface area contributed by atoms with Crippen LogP contribution < -0.4 is 15.4 Å². The fourth-order valence-corrected chi connectivity index (χ4v) is 5.52. The van der Waals surface area contributed by atoms with Crippen molar-refractivity contribution in [3.63, 3.8) is 0 Å². The fraction of sp³-hybridized carbons (Fsp3) is 0.667. The molecule has 2 N–H and O–H groups in total. The molecule has 1 aromatic carbocycles. The molecular formula is C21H35IN4O4S. The van der Waals surface area contributed by atoms with Crippen LogP contribution in [0, 0.1) is 0 Å². The molecule has 0 aromatic heterocycles. The Morgan fingerprint density at radius 3 is 2.74 bits per heavy atom. The van der Waals surface area contributed by atoms with Gasteiger partial charge in [-0.15, -0.1) is 24.0 Å². The van der Waals surface area contributed by atoms with Crippen LogP contribution in [0.1, 0.15) is 24.8 Å². The molecule has 1 aromatic rings. The van der Waals surface area contributed by atoms with Gasteiger partial charge in [0.05, 0.1) is 11.5 Å². The number of hydrogen-bond acceptors (Lipinski definition) is 6. The summed E-state index contributed by atoms with van der Waals surface area (Å²) in [6.45, 7) is 3.80. The van der Waals surface area contributed by atoms with Crippen molar-refractivity contribution in [1.29, 1.82) is 0 Å². The quantitative estimate of drug-likeness (QED) is 0.281. The molecule has 31 heavy (non-hydrogen) atoms. The lowest BCUT2D eigenvalue weighted by molar-refractivity contribution is 0.0392. The van der Waals surface area contributed by atoms with Crippen LogP contribution in [0.15, 0.2) is 29.3 Å². The molecule has 2 fully saturated rings. The van der Waals surface area contributed by atoms with Crippen molar-refractivity contribution in [3.8, 4) is 5.75 Å². The second-order valence-electron chi connectivity index (χ2n) is 7.99. The van der Waals surface area contributed by atoms with Crippen LogP contribution in [0.5, 0.6) is 5.75 Å². The molecule has 1 atom stereocenters. The number of guanidine groups is 1. The van der Waals surface area contributed by atoms with E-state index in [-0.39, 0.29) is 41.5 Å². The number of nitrogens with zero attached hydrogens (tertiary/aromatic N) is 2. The number of aliphatic imine (C=N–C) groups is 1. The molecule has 0 radical (unpaired) electrons. The maximum Gasteiger partial charge on any atom is 0.191 e. The van der Waals surface area contributed by atoms with Crippen LogP contribution in [0.4, 0.5) is 0 Å². The Morgan fingerprint density at radius 2 is 2.06 bits per heavy atom. The lowest BCUT2D eigenvalue weighted by Crippen LogP contribution is -2.43. The number of nitrogens with one attached hydrogen (secondary N) is 2. The Kier molecular flexibility index (Phi) is 10.8. The second-order valence-corrected chi connectivity index (χ2v) is 10.2. The molecule has 10 heteroatoms. The second kappa shape index (κ2) is 12.8. The standard InChI is InChI=1S/C21H34N4O4S.HI/c1-22-21(24-18-8-13-30(26,27)16-18)23-15-17-4-3-5-20(14-17)29-12-9-25(2)19-6-10-28-11-7-19;/h3-5,14,18-19H,6-13,15-16H2,1-2H3,(H2,22,23,24);1H. The van der Waals surface area contributed by atoms with Crippen molar-refractivity contribution in [2.24, 2.45) is 4.99 Å². The van der Waals surface area contributed by atoms with Gasteiger partial charge >= 0.3 is 0 Å².